The lowest BCUT2D eigenvalue weighted by Gasteiger charge is -2.26. The van der Waals surface area contributed by atoms with Crippen molar-refractivity contribution in [2.45, 2.75) is 32.7 Å². The third-order valence-corrected chi connectivity index (χ3v) is 5.58. The van der Waals surface area contributed by atoms with Crippen molar-refractivity contribution in [2.75, 3.05) is 26.8 Å². The normalized spacial score (nSPS) is 31.5. The Bertz CT molecular complexity index is 798. The summed E-state index contributed by atoms with van der Waals surface area (Å²) in [6, 6.07) is 0.00827. The first-order valence-electron chi connectivity index (χ1n) is 9.92. The van der Waals surface area contributed by atoms with E-state index < -0.39 is 0 Å². The van der Waals surface area contributed by atoms with Crippen LogP contribution in [0.2, 0.25) is 0 Å². The summed E-state index contributed by atoms with van der Waals surface area (Å²) in [5, 5.41) is 4.05. The summed E-state index contributed by atoms with van der Waals surface area (Å²) in [7, 11) is 1.61. The zero-order chi connectivity index (χ0) is 19.7. The van der Waals surface area contributed by atoms with Gasteiger partial charge in [-0.15, -0.1) is 0 Å². The molecule has 1 fully saturated rings. The van der Waals surface area contributed by atoms with Crippen LogP contribution in [0.3, 0.4) is 0 Å². The third kappa shape index (κ3) is 3.31. The first-order valence-corrected chi connectivity index (χ1v) is 9.92. The van der Waals surface area contributed by atoms with Crippen LogP contribution in [0.15, 0.2) is 38.5 Å². The summed E-state index contributed by atoms with van der Waals surface area (Å²) in [4.78, 5) is 24.1. The largest absolute Gasteiger partial charge is 0.492 e. The van der Waals surface area contributed by atoms with E-state index in [2.05, 4.69) is 35.4 Å². The van der Waals surface area contributed by atoms with Crippen LogP contribution in [-0.2, 0) is 14.3 Å². The lowest BCUT2D eigenvalue weighted by Crippen LogP contribution is -2.41. The minimum atomic E-state index is -0.167. The smallest absolute Gasteiger partial charge is 0.251 e. The molecule has 1 N–H and O–H groups in total. The minimum absolute atomic E-state index is 0.00827. The van der Waals surface area contributed by atoms with Gasteiger partial charge in [-0.25, -0.2) is 4.99 Å². The van der Waals surface area contributed by atoms with Gasteiger partial charge in [0, 0.05) is 30.5 Å². The van der Waals surface area contributed by atoms with E-state index in [0.717, 1.165) is 23.6 Å². The Kier molecular flexibility index (Phi) is 5.19. The Morgan fingerprint density at radius 3 is 2.93 bits per heavy atom. The van der Waals surface area contributed by atoms with E-state index in [9.17, 15) is 4.79 Å². The van der Waals surface area contributed by atoms with Crippen molar-refractivity contribution in [1.82, 2.24) is 10.3 Å². The summed E-state index contributed by atoms with van der Waals surface area (Å²) in [5.41, 5.74) is 4.84. The summed E-state index contributed by atoms with van der Waals surface area (Å²) in [6.45, 7) is 6.02. The Hall–Kier alpha value is -2.64. The molecule has 0 aromatic carbocycles. The van der Waals surface area contributed by atoms with E-state index in [1.807, 2.05) is 11.1 Å². The lowest BCUT2D eigenvalue weighted by molar-refractivity contribution is -0.132. The van der Waals surface area contributed by atoms with Gasteiger partial charge < -0.3 is 19.8 Å². The van der Waals surface area contributed by atoms with Crippen LogP contribution < -0.4 is 5.43 Å². The van der Waals surface area contributed by atoms with Crippen LogP contribution in [0.25, 0.3) is 0 Å². The van der Waals surface area contributed by atoms with Crippen LogP contribution in [0.1, 0.15) is 26.7 Å². The average Bonchev–Trinajstić information content (AvgIpc) is 3.34. The number of hydrogen-bond donors (Lipinski definition) is 1. The van der Waals surface area contributed by atoms with E-state index in [1.54, 1.807) is 13.3 Å². The van der Waals surface area contributed by atoms with Crippen LogP contribution in [0.4, 0.5) is 0 Å². The zero-order valence-corrected chi connectivity index (χ0v) is 16.6. The van der Waals surface area contributed by atoms with E-state index in [-0.39, 0.29) is 29.7 Å². The second kappa shape index (κ2) is 7.77. The predicted octanol–water partition coefficient (Wildman–Crippen LogP) is 1.71. The molecule has 8 heteroatoms. The number of carbonyl (C=O) groups is 1. The molecule has 4 unspecified atom stereocenters. The maximum atomic E-state index is 12.9. The number of hydrazone groups is 1. The molecule has 0 saturated carbocycles. The molecule has 0 radical (unpaired) electrons. The highest BCUT2D eigenvalue weighted by molar-refractivity contribution is 6.13. The maximum Gasteiger partial charge on any atom is 0.251 e. The molecule has 0 bridgehead atoms. The number of rotatable bonds is 6. The molecule has 0 spiro atoms. The summed E-state index contributed by atoms with van der Waals surface area (Å²) in [5.74, 6) is 1.42. The quantitative estimate of drug-likeness (QED) is 0.754. The van der Waals surface area contributed by atoms with E-state index in [4.69, 9.17) is 14.5 Å². The number of allylic oxidation sites excluding steroid dienone is 3. The van der Waals surface area contributed by atoms with Gasteiger partial charge in [0.2, 0.25) is 5.91 Å². The number of amides is 1. The van der Waals surface area contributed by atoms with Gasteiger partial charge in [0.05, 0.1) is 44.5 Å². The number of methoxy groups -OCH3 is 1. The maximum absolute atomic E-state index is 12.9. The van der Waals surface area contributed by atoms with Crippen molar-refractivity contribution < 1.29 is 14.3 Å². The van der Waals surface area contributed by atoms with Crippen molar-refractivity contribution in [2.24, 2.45) is 32.8 Å². The van der Waals surface area contributed by atoms with Gasteiger partial charge in [-0.05, 0) is 12.3 Å². The molecule has 150 valence electrons. The molecule has 0 aliphatic carbocycles. The molecule has 4 aliphatic heterocycles. The molecule has 4 heterocycles. The summed E-state index contributed by atoms with van der Waals surface area (Å²) in [6.07, 6.45) is 7.39. The second-order valence-electron chi connectivity index (χ2n) is 7.58. The number of nitrogens with zero attached hydrogens (tertiary/aromatic N) is 4. The molecule has 4 atom stereocenters. The number of aliphatic imine (C=N–C) groups is 2. The molecule has 1 amide bonds. The molecule has 4 aliphatic rings. The third-order valence-electron chi connectivity index (χ3n) is 5.58. The average molecular weight is 385 g/mol. The van der Waals surface area contributed by atoms with Crippen LogP contribution in [0, 0.1) is 17.8 Å². The molecule has 4 rings (SSSR count). The van der Waals surface area contributed by atoms with Crippen LogP contribution in [-0.4, -0.2) is 61.8 Å². The number of likely N-dealkylation sites (tertiary alicyclic amines) is 1. The molecule has 28 heavy (non-hydrogen) atoms. The fraction of sp³-hybridized carbons (Fsp3) is 0.600. The van der Waals surface area contributed by atoms with Gasteiger partial charge in [0.15, 0.2) is 5.76 Å². The van der Waals surface area contributed by atoms with Crippen molar-refractivity contribution in [1.29, 1.82) is 0 Å². The van der Waals surface area contributed by atoms with Crippen molar-refractivity contribution in [3.63, 3.8) is 0 Å². The first-order chi connectivity index (χ1) is 13.6. The SMILES string of the molecule is CCCOC1=C(OC)N=CC(C2=CC(C)C3C(=O)N(C4C=NNC4)CC3=N2)C1. The predicted molar refractivity (Wildman–Crippen MR) is 107 cm³/mol. The van der Waals surface area contributed by atoms with E-state index in [0.29, 0.717) is 32.0 Å². The van der Waals surface area contributed by atoms with Crippen LogP contribution >= 0.6 is 0 Å². The molecule has 0 aromatic heterocycles. The number of nitrogens with one attached hydrogen (secondary N) is 1. The summed E-state index contributed by atoms with van der Waals surface area (Å²) < 4.78 is 11.2. The fourth-order valence-corrected chi connectivity index (χ4v) is 4.15. The number of ether oxygens (including phenoxy) is 2. The fourth-order valence-electron chi connectivity index (χ4n) is 4.15. The lowest BCUT2D eigenvalue weighted by atomic mass is 9.85. The van der Waals surface area contributed by atoms with Crippen molar-refractivity contribution in [3.05, 3.63) is 23.4 Å². The van der Waals surface area contributed by atoms with Crippen molar-refractivity contribution >= 4 is 24.0 Å². The Morgan fingerprint density at radius 1 is 1.36 bits per heavy atom. The molecule has 1 saturated heterocycles. The van der Waals surface area contributed by atoms with Gasteiger partial charge in [-0.2, -0.15) is 5.10 Å². The number of hydrogen-bond acceptors (Lipinski definition) is 7. The molecular formula is C20H27N5O3. The minimum Gasteiger partial charge on any atom is -0.492 e. The first kappa shape index (κ1) is 18.7. The van der Waals surface area contributed by atoms with Crippen LogP contribution in [0.5, 0.6) is 0 Å². The number of carbonyl (C=O) groups excluding carboxylic acids is 1. The second-order valence-corrected chi connectivity index (χ2v) is 7.58. The van der Waals surface area contributed by atoms with E-state index in [1.165, 1.54) is 0 Å². The zero-order valence-electron chi connectivity index (χ0n) is 16.6. The number of fused-ring (bicyclic) bond motifs is 1. The van der Waals surface area contributed by atoms with Crippen molar-refractivity contribution in [3.8, 4) is 0 Å². The highest BCUT2D eigenvalue weighted by Crippen LogP contribution is 2.36. The van der Waals surface area contributed by atoms with Gasteiger partial charge >= 0.3 is 0 Å². The Morgan fingerprint density at radius 2 is 2.21 bits per heavy atom. The Balaban J connectivity index is 1.53. The van der Waals surface area contributed by atoms with Gasteiger partial charge in [-0.3, -0.25) is 9.79 Å². The molecular weight excluding hydrogens is 358 g/mol. The molecule has 8 nitrogen and oxygen atoms in total. The summed E-state index contributed by atoms with van der Waals surface area (Å²) >= 11 is 0. The Labute approximate surface area is 165 Å². The van der Waals surface area contributed by atoms with E-state index >= 15 is 0 Å². The standard InChI is InChI=1S/C20H27N5O3/c1-4-5-28-17-7-13(8-21-19(17)27-3)15-6-12(2)18-16(24-15)11-25(20(18)26)14-9-22-23-10-14/h6,8-9,12-14,18,23H,4-5,7,10-11H2,1-3H3. The highest BCUT2D eigenvalue weighted by Gasteiger charge is 2.45. The van der Waals surface area contributed by atoms with Gasteiger partial charge in [-0.1, -0.05) is 19.9 Å². The topological polar surface area (TPSA) is 87.9 Å². The highest BCUT2D eigenvalue weighted by atomic mass is 16.5. The van der Waals surface area contributed by atoms with Gasteiger partial charge in [0.1, 0.15) is 0 Å². The van der Waals surface area contributed by atoms with Gasteiger partial charge in [0.25, 0.3) is 5.88 Å². The monoisotopic (exact) mass is 385 g/mol. The molecule has 0 aromatic rings.